The third kappa shape index (κ3) is 2.71. The molecule has 0 bridgehead atoms. The lowest BCUT2D eigenvalue weighted by Crippen LogP contribution is -2.07. The highest BCUT2D eigenvalue weighted by Gasteiger charge is 2.06. The van der Waals surface area contributed by atoms with Crippen LogP contribution in [0.5, 0.6) is 0 Å². The molecule has 0 atom stereocenters. The first-order chi connectivity index (χ1) is 8.60. The highest BCUT2D eigenvalue weighted by atomic mass is 15.0. The van der Waals surface area contributed by atoms with Crippen LogP contribution in [0.25, 0.3) is 11.4 Å². The van der Waals surface area contributed by atoms with Crippen molar-refractivity contribution in [2.75, 3.05) is 0 Å². The highest BCUT2D eigenvalue weighted by Crippen LogP contribution is 2.20. The molecule has 4 nitrogen and oxygen atoms in total. The SMILES string of the molecule is Cc1nc(CN)nc(-c2ccc(C(C)C)cc2)n1. The maximum absolute atomic E-state index is 5.58. The van der Waals surface area contributed by atoms with Crippen molar-refractivity contribution in [2.24, 2.45) is 5.73 Å². The van der Waals surface area contributed by atoms with Crippen LogP contribution >= 0.6 is 0 Å². The minimum Gasteiger partial charge on any atom is -0.324 e. The number of aryl methyl sites for hydroxylation is 1. The summed E-state index contributed by atoms with van der Waals surface area (Å²) in [6.45, 7) is 6.54. The molecule has 2 aromatic rings. The molecule has 1 heterocycles. The van der Waals surface area contributed by atoms with Gasteiger partial charge in [-0.15, -0.1) is 0 Å². The standard InChI is InChI=1S/C14H18N4/c1-9(2)11-4-6-12(7-5-11)14-17-10(3)16-13(8-15)18-14/h4-7,9H,8,15H2,1-3H3. The van der Waals surface area contributed by atoms with Crippen molar-refractivity contribution in [3.63, 3.8) is 0 Å². The monoisotopic (exact) mass is 242 g/mol. The lowest BCUT2D eigenvalue weighted by Gasteiger charge is -2.07. The average Bonchev–Trinajstić information content (AvgIpc) is 2.38. The van der Waals surface area contributed by atoms with Crippen molar-refractivity contribution in [3.05, 3.63) is 41.5 Å². The number of rotatable bonds is 3. The molecular formula is C14H18N4. The summed E-state index contributed by atoms with van der Waals surface area (Å²) in [6, 6.07) is 8.32. The van der Waals surface area contributed by atoms with Crippen LogP contribution in [0, 0.1) is 6.92 Å². The molecule has 0 amide bonds. The maximum atomic E-state index is 5.58. The summed E-state index contributed by atoms with van der Waals surface area (Å²) in [5.74, 6) is 2.55. The molecule has 94 valence electrons. The number of benzene rings is 1. The fourth-order valence-electron chi connectivity index (χ4n) is 1.77. The molecule has 0 unspecified atom stereocenters. The van der Waals surface area contributed by atoms with Gasteiger partial charge < -0.3 is 5.73 Å². The van der Waals surface area contributed by atoms with E-state index < -0.39 is 0 Å². The minimum atomic E-state index is 0.334. The van der Waals surface area contributed by atoms with E-state index in [1.807, 2.05) is 19.1 Å². The number of nitrogens with zero attached hydrogens (tertiary/aromatic N) is 3. The van der Waals surface area contributed by atoms with Gasteiger partial charge in [-0.2, -0.15) is 0 Å². The Morgan fingerprint density at radius 3 is 2.28 bits per heavy atom. The van der Waals surface area contributed by atoms with Crippen LogP contribution in [-0.2, 0) is 6.54 Å². The van der Waals surface area contributed by atoms with Crippen molar-refractivity contribution in [3.8, 4) is 11.4 Å². The van der Waals surface area contributed by atoms with Gasteiger partial charge in [0.15, 0.2) is 5.82 Å². The molecule has 0 saturated heterocycles. The highest BCUT2D eigenvalue weighted by molar-refractivity contribution is 5.55. The van der Waals surface area contributed by atoms with E-state index in [2.05, 4.69) is 40.9 Å². The van der Waals surface area contributed by atoms with Crippen LogP contribution < -0.4 is 5.73 Å². The quantitative estimate of drug-likeness (QED) is 0.897. The van der Waals surface area contributed by atoms with Gasteiger partial charge in [0.2, 0.25) is 0 Å². The molecule has 0 fully saturated rings. The van der Waals surface area contributed by atoms with E-state index in [4.69, 9.17) is 5.73 Å². The predicted octanol–water partition coefficient (Wildman–Crippen LogP) is 2.43. The Hall–Kier alpha value is -1.81. The Bertz CT molecular complexity index is 532. The molecule has 0 spiro atoms. The number of nitrogens with two attached hydrogens (primary N) is 1. The van der Waals surface area contributed by atoms with Gasteiger partial charge in [0, 0.05) is 5.56 Å². The molecule has 1 aromatic carbocycles. The van der Waals surface area contributed by atoms with Crippen LogP contribution in [0.3, 0.4) is 0 Å². The summed E-state index contributed by atoms with van der Waals surface area (Å²) in [5, 5.41) is 0. The van der Waals surface area contributed by atoms with Gasteiger partial charge in [-0.05, 0) is 18.4 Å². The summed E-state index contributed by atoms with van der Waals surface area (Å²) in [7, 11) is 0. The third-order valence-corrected chi connectivity index (χ3v) is 2.81. The summed E-state index contributed by atoms with van der Waals surface area (Å²) in [6.07, 6.45) is 0. The summed E-state index contributed by atoms with van der Waals surface area (Å²) in [4.78, 5) is 12.9. The van der Waals surface area contributed by atoms with Crippen molar-refractivity contribution < 1.29 is 0 Å². The number of hydrogen-bond donors (Lipinski definition) is 1. The van der Waals surface area contributed by atoms with E-state index in [-0.39, 0.29) is 0 Å². The first-order valence-corrected chi connectivity index (χ1v) is 6.12. The van der Waals surface area contributed by atoms with Gasteiger partial charge in [0.25, 0.3) is 0 Å². The van der Waals surface area contributed by atoms with Crippen LogP contribution in [0.15, 0.2) is 24.3 Å². The Morgan fingerprint density at radius 1 is 1.06 bits per heavy atom. The Kier molecular flexibility index (Phi) is 3.67. The lowest BCUT2D eigenvalue weighted by molar-refractivity contribution is 0.849. The normalized spacial score (nSPS) is 10.9. The Labute approximate surface area is 107 Å². The van der Waals surface area contributed by atoms with Gasteiger partial charge in [-0.1, -0.05) is 38.1 Å². The average molecular weight is 242 g/mol. The van der Waals surface area contributed by atoms with E-state index in [0.29, 0.717) is 29.9 Å². The zero-order valence-electron chi connectivity index (χ0n) is 11.0. The fraction of sp³-hybridized carbons (Fsp3) is 0.357. The van der Waals surface area contributed by atoms with Crippen LogP contribution in [-0.4, -0.2) is 15.0 Å². The lowest BCUT2D eigenvalue weighted by atomic mass is 10.0. The zero-order chi connectivity index (χ0) is 13.1. The summed E-state index contributed by atoms with van der Waals surface area (Å²) < 4.78 is 0. The summed E-state index contributed by atoms with van der Waals surface area (Å²) >= 11 is 0. The molecule has 0 saturated carbocycles. The van der Waals surface area contributed by atoms with E-state index in [9.17, 15) is 0 Å². The van der Waals surface area contributed by atoms with Gasteiger partial charge in [-0.25, -0.2) is 15.0 Å². The van der Waals surface area contributed by atoms with Crippen molar-refractivity contribution >= 4 is 0 Å². The van der Waals surface area contributed by atoms with E-state index in [1.54, 1.807) is 0 Å². The summed E-state index contributed by atoms with van der Waals surface area (Å²) in [5.41, 5.74) is 7.89. The molecule has 0 aliphatic heterocycles. The van der Waals surface area contributed by atoms with Crippen molar-refractivity contribution in [1.82, 2.24) is 15.0 Å². The first-order valence-electron chi connectivity index (χ1n) is 6.12. The zero-order valence-corrected chi connectivity index (χ0v) is 11.0. The molecular weight excluding hydrogens is 224 g/mol. The van der Waals surface area contributed by atoms with E-state index >= 15 is 0 Å². The Balaban J connectivity index is 2.39. The van der Waals surface area contributed by atoms with Gasteiger partial charge in [-0.3, -0.25) is 0 Å². The molecule has 4 heteroatoms. The second-order valence-electron chi connectivity index (χ2n) is 4.60. The number of hydrogen-bond acceptors (Lipinski definition) is 4. The maximum Gasteiger partial charge on any atom is 0.163 e. The Morgan fingerprint density at radius 2 is 1.72 bits per heavy atom. The topological polar surface area (TPSA) is 64.7 Å². The van der Waals surface area contributed by atoms with E-state index in [0.717, 1.165) is 5.56 Å². The second-order valence-corrected chi connectivity index (χ2v) is 4.60. The van der Waals surface area contributed by atoms with Gasteiger partial charge >= 0.3 is 0 Å². The van der Waals surface area contributed by atoms with Crippen molar-refractivity contribution in [2.45, 2.75) is 33.2 Å². The van der Waals surface area contributed by atoms with Gasteiger partial charge in [0.05, 0.1) is 6.54 Å². The number of aromatic nitrogens is 3. The van der Waals surface area contributed by atoms with Crippen LogP contribution in [0.4, 0.5) is 0 Å². The molecule has 1 aromatic heterocycles. The molecule has 0 radical (unpaired) electrons. The molecule has 2 N–H and O–H groups in total. The smallest absolute Gasteiger partial charge is 0.163 e. The molecule has 2 rings (SSSR count). The van der Waals surface area contributed by atoms with Crippen molar-refractivity contribution in [1.29, 1.82) is 0 Å². The van der Waals surface area contributed by atoms with Crippen LogP contribution in [0.1, 0.15) is 37.0 Å². The third-order valence-electron chi connectivity index (χ3n) is 2.81. The van der Waals surface area contributed by atoms with Gasteiger partial charge in [0.1, 0.15) is 11.6 Å². The first kappa shape index (κ1) is 12.6. The minimum absolute atomic E-state index is 0.334. The second kappa shape index (κ2) is 5.23. The van der Waals surface area contributed by atoms with E-state index in [1.165, 1.54) is 5.56 Å². The van der Waals surface area contributed by atoms with Crippen LogP contribution in [0.2, 0.25) is 0 Å². The fourth-order valence-corrected chi connectivity index (χ4v) is 1.77. The molecule has 18 heavy (non-hydrogen) atoms. The molecule has 0 aliphatic rings. The predicted molar refractivity (Wildman–Crippen MR) is 72.0 cm³/mol. The molecule has 0 aliphatic carbocycles. The largest absolute Gasteiger partial charge is 0.324 e.